The largest absolute Gasteiger partial charge is 0.342 e. The fourth-order valence-corrected chi connectivity index (χ4v) is 3.68. The summed E-state index contributed by atoms with van der Waals surface area (Å²) < 4.78 is 0. The van der Waals surface area contributed by atoms with Gasteiger partial charge in [-0.15, -0.1) is 0 Å². The van der Waals surface area contributed by atoms with Crippen LogP contribution in [0.1, 0.15) is 29.0 Å². The second-order valence-corrected chi connectivity index (χ2v) is 6.74. The third-order valence-corrected chi connectivity index (χ3v) is 5.19. The van der Waals surface area contributed by atoms with Crippen molar-refractivity contribution in [2.75, 3.05) is 19.6 Å². The molecule has 3 heteroatoms. The van der Waals surface area contributed by atoms with Crippen LogP contribution in [0.3, 0.4) is 0 Å². The number of hydrogen-bond acceptors (Lipinski definition) is 2. The summed E-state index contributed by atoms with van der Waals surface area (Å²) in [5.74, 6) is 0.962. The summed E-state index contributed by atoms with van der Waals surface area (Å²) in [4.78, 5) is 14.7. The summed E-state index contributed by atoms with van der Waals surface area (Å²) in [6.07, 6.45) is 1.38. The van der Waals surface area contributed by atoms with Crippen molar-refractivity contribution in [3.63, 3.8) is 0 Å². The van der Waals surface area contributed by atoms with Gasteiger partial charge in [-0.2, -0.15) is 0 Å². The summed E-state index contributed by atoms with van der Waals surface area (Å²) >= 11 is 0. The van der Waals surface area contributed by atoms with Gasteiger partial charge in [0.05, 0.1) is 0 Å². The second kappa shape index (κ2) is 7.63. The molecule has 1 heterocycles. The fraction of sp³-hybridized carbons (Fsp3) is 0.381. The Balaban J connectivity index is 1.63. The van der Waals surface area contributed by atoms with Crippen LogP contribution in [0.2, 0.25) is 0 Å². The number of carbonyl (C=O) groups excluding carboxylic acids is 1. The zero-order valence-electron chi connectivity index (χ0n) is 14.3. The van der Waals surface area contributed by atoms with Crippen molar-refractivity contribution in [3.05, 3.63) is 71.3 Å². The van der Waals surface area contributed by atoms with Gasteiger partial charge >= 0.3 is 0 Å². The van der Waals surface area contributed by atoms with Crippen LogP contribution >= 0.6 is 0 Å². The van der Waals surface area contributed by atoms with Crippen molar-refractivity contribution in [1.29, 1.82) is 0 Å². The molecule has 1 fully saturated rings. The number of hydrogen-bond donors (Lipinski definition) is 1. The molecule has 24 heavy (non-hydrogen) atoms. The van der Waals surface area contributed by atoms with Crippen LogP contribution in [0.4, 0.5) is 0 Å². The van der Waals surface area contributed by atoms with E-state index in [2.05, 4.69) is 43.3 Å². The van der Waals surface area contributed by atoms with E-state index in [4.69, 9.17) is 5.73 Å². The van der Waals surface area contributed by atoms with Gasteiger partial charge in [0.15, 0.2) is 0 Å². The molecule has 1 saturated heterocycles. The van der Waals surface area contributed by atoms with E-state index in [1.807, 2.05) is 23.1 Å². The minimum Gasteiger partial charge on any atom is -0.342 e. The van der Waals surface area contributed by atoms with Gasteiger partial charge < -0.3 is 10.6 Å². The molecule has 3 nitrogen and oxygen atoms in total. The third-order valence-electron chi connectivity index (χ3n) is 5.19. The van der Waals surface area contributed by atoms with E-state index < -0.39 is 0 Å². The summed E-state index contributed by atoms with van der Waals surface area (Å²) in [6.45, 7) is 4.30. The van der Waals surface area contributed by atoms with Crippen LogP contribution in [0.15, 0.2) is 54.6 Å². The van der Waals surface area contributed by atoms with Crippen LogP contribution in [-0.2, 0) is 11.2 Å². The van der Waals surface area contributed by atoms with Crippen molar-refractivity contribution in [2.24, 2.45) is 11.7 Å². The molecular formula is C21H26N2O. The monoisotopic (exact) mass is 322 g/mol. The second-order valence-electron chi connectivity index (χ2n) is 6.74. The van der Waals surface area contributed by atoms with Gasteiger partial charge in [0.25, 0.3) is 0 Å². The number of likely N-dealkylation sites (tertiary alicyclic amines) is 1. The molecular weight excluding hydrogens is 296 g/mol. The Hall–Kier alpha value is -2.13. The molecule has 0 saturated carbocycles. The average Bonchev–Trinajstić information content (AvgIpc) is 3.06. The Morgan fingerprint density at radius 3 is 2.50 bits per heavy atom. The first kappa shape index (κ1) is 16.7. The Bertz CT molecular complexity index is 683. The molecule has 0 bridgehead atoms. The molecule has 1 aliphatic heterocycles. The highest BCUT2D eigenvalue weighted by Crippen LogP contribution is 2.32. The van der Waals surface area contributed by atoms with Gasteiger partial charge in [-0.3, -0.25) is 4.79 Å². The lowest BCUT2D eigenvalue weighted by Gasteiger charge is -2.17. The van der Waals surface area contributed by atoms with E-state index in [-0.39, 0.29) is 5.91 Å². The standard InChI is InChI=1S/C21H26N2O/c1-16-7-5-6-8-17(16)11-12-21(24)23-14-19(13-22)20(15-23)18-9-3-2-4-10-18/h2-10,19-20H,11-15,22H2,1H3/t19-,20+/m1/s1. The maximum atomic E-state index is 12.7. The topological polar surface area (TPSA) is 46.3 Å². The SMILES string of the molecule is Cc1ccccc1CCC(=O)N1C[C@@H](CN)[C@H](c2ccccc2)C1. The Kier molecular flexibility index (Phi) is 5.31. The number of benzene rings is 2. The molecule has 2 atom stereocenters. The first-order chi connectivity index (χ1) is 11.7. The van der Waals surface area contributed by atoms with Crippen LogP contribution in [0.25, 0.3) is 0 Å². The number of aryl methyl sites for hydroxylation is 2. The van der Waals surface area contributed by atoms with E-state index in [1.165, 1.54) is 16.7 Å². The lowest BCUT2D eigenvalue weighted by molar-refractivity contribution is -0.130. The van der Waals surface area contributed by atoms with Gasteiger partial charge in [-0.1, -0.05) is 54.6 Å². The lowest BCUT2D eigenvalue weighted by atomic mass is 9.89. The quantitative estimate of drug-likeness (QED) is 0.919. The minimum absolute atomic E-state index is 0.245. The molecule has 0 aromatic heterocycles. The van der Waals surface area contributed by atoms with Crippen LogP contribution < -0.4 is 5.73 Å². The van der Waals surface area contributed by atoms with Crippen molar-refractivity contribution < 1.29 is 4.79 Å². The summed E-state index contributed by atoms with van der Waals surface area (Å²) in [5.41, 5.74) is 9.79. The van der Waals surface area contributed by atoms with E-state index in [0.717, 1.165) is 19.5 Å². The first-order valence-electron chi connectivity index (χ1n) is 8.76. The van der Waals surface area contributed by atoms with Crippen LogP contribution in [0, 0.1) is 12.8 Å². The fourth-order valence-electron chi connectivity index (χ4n) is 3.68. The molecule has 126 valence electrons. The zero-order chi connectivity index (χ0) is 16.9. The number of carbonyl (C=O) groups is 1. The number of amides is 1. The van der Waals surface area contributed by atoms with Gasteiger partial charge in [0, 0.05) is 25.4 Å². The number of rotatable bonds is 5. The molecule has 0 aliphatic carbocycles. The molecule has 3 rings (SSSR count). The van der Waals surface area contributed by atoms with Gasteiger partial charge in [0.1, 0.15) is 0 Å². The van der Waals surface area contributed by atoms with Crippen molar-refractivity contribution >= 4 is 5.91 Å². The molecule has 1 amide bonds. The maximum Gasteiger partial charge on any atom is 0.222 e. The maximum absolute atomic E-state index is 12.7. The molecule has 0 radical (unpaired) electrons. The van der Waals surface area contributed by atoms with E-state index in [1.54, 1.807) is 0 Å². The summed E-state index contributed by atoms with van der Waals surface area (Å²) in [7, 11) is 0. The van der Waals surface area contributed by atoms with E-state index in [9.17, 15) is 4.79 Å². The average molecular weight is 322 g/mol. The number of nitrogens with zero attached hydrogens (tertiary/aromatic N) is 1. The number of nitrogens with two attached hydrogens (primary N) is 1. The molecule has 2 N–H and O–H groups in total. The minimum atomic E-state index is 0.245. The van der Waals surface area contributed by atoms with Gasteiger partial charge in [-0.05, 0) is 42.5 Å². The predicted octanol–water partition coefficient (Wildman–Crippen LogP) is 3.13. The smallest absolute Gasteiger partial charge is 0.222 e. The molecule has 2 aromatic rings. The van der Waals surface area contributed by atoms with Crippen LogP contribution in [-0.4, -0.2) is 30.4 Å². The highest BCUT2D eigenvalue weighted by Gasteiger charge is 2.34. The van der Waals surface area contributed by atoms with E-state index >= 15 is 0 Å². The van der Waals surface area contributed by atoms with Crippen molar-refractivity contribution in [3.8, 4) is 0 Å². The summed E-state index contributed by atoms with van der Waals surface area (Å²) in [5, 5.41) is 0. The first-order valence-corrected chi connectivity index (χ1v) is 8.76. The molecule has 0 unspecified atom stereocenters. The lowest BCUT2D eigenvalue weighted by Crippen LogP contribution is -2.30. The van der Waals surface area contributed by atoms with Gasteiger partial charge in [-0.25, -0.2) is 0 Å². The highest BCUT2D eigenvalue weighted by molar-refractivity contribution is 5.77. The van der Waals surface area contributed by atoms with E-state index in [0.29, 0.717) is 24.8 Å². The normalized spacial score (nSPS) is 20.3. The predicted molar refractivity (Wildman–Crippen MR) is 97.8 cm³/mol. The Morgan fingerprint density at radius 1 is 1.08 bits per heavy atom. The third kappa shape index (κ3) is 3.68. The molecule has 1 aliphatic rings. The van der Waals surface area contributed by atoms with Gasteiger partial charge in [0.2, 0.25) is 5.91 Å². The van der Waals surface area contributed by atoms with Crippen LogP contribution in [0.5, 0.6) is 0 Å². The molecule has 2 aromatic carbocycles. The van der Waals surface area contributed by atoms with Crippen molar-refractivity contribution in [2.45, 2.75) is 25.7 Å². The van der Waals surface area contributed by atoms with Crippen molar-refractivity contribution in [1.82, 2.24) is 4.90 Å². The Labute approximate surface area is 144 Å². The summed E-state index contributed by atoms with van der Waals surface area (Å²) in [6, 6.07) is 18.7. The molecule has 0 spiro atoms. The Morgan fingerprint density at radius 2 is 1.79 bits per heavy atom. The highest BCUT2D eigenvalue weighted by atomic mass is 16.2. The zero-order valence-corrected chi connectivity index (χ0v) is 14.3.